The van der Waals surface area contributed by atoms with Crippen LogP contribution in [0.3, 0.4) is 0 Å². The Balaban J connectivity index is 1.42. The topological polar surface area (TPSA) is 53.8 Å². The van der Waals surface area contributed by atoms with Gasteiger partial charge < -0.3 is 14.2 Å². The quantitative estimate of drug-likeness (QED) is 0.522. The summed E-state index contributed by atoms with van der Waals surface area (Å²) in [7, 11) is 0. The van der Waals surface area contributed by atoms with Gasteiger partial charge in [0.2, 0.25) is 5.91 Å². The first-order chi connectivity index (χ1) is 15.4. The fourth-order valence-electron chi connectivity index (χ4n) is 3.98. The normalized spacial score (nSPS) is 14.5. The molecular formula is C24H24F2N2O3S. The molecule has 0 bridgehead atoms. The predicted molar refractivity (Wildman–Crippen MR) is 117 cm³/mol. The lowest BCUT2D eigenvalue weighted by atomic mass is 9.94. The molecule has 4 rings (SSSR count). The van der Waals surface area contributed by atoms with E-state index in [0.29, 0.717) is 50.8 Å². The molecule has 168 valence electrons. The minimum absolute atomic E-state index is 0.0208. The van der Waals surface area contributed by atoms with Crippen LogP contribution in [0.25, 0.3) is 0 Å². The number of carbonyl (C=O) groups is 2. The Hall–Kier alpha value is -3.00. The number of carbonyl (C=O) groups excluding carboxylic acids is 2. The molecule has 2 amide bonds. The first-order valence-electron chi connectivity index (χ1n) is 10.5. The van der Waals surface area contributed by atoms with Crippen LogP contribution in [0.2, 0.25) is 0 Å². The highest BCUT2D eigenvalue weighted by atomic mass is 32.1. The van der Waals surface area contributed by atoms with Crippen molar-refractivity contribution in [1.82, 2.24) is 9.80 Å². The van der Waals surface area contributed by atoms with Crippen molar-refractivity contribution >= 4 is 23.2 Å². The molecule has 8 heteroatoms. The molecule has 0 radical (unpaired) electrons. The van der Waals surface area contributed by atoms with E-state index >= 15 is 0 Å². The molecule has 1 saturated heterocycles. The summed E-state index contributed by atoms with van der Waals surface area (Å²) in [6.45, 7) is 3.60. The van der Waals surface area contributed by atoms with Crippen LogP contribution >= 0.6 is 11.3 Å². The maximum atomic E-state index is 14.0. The monoisotopic (exact) mass is 458 g/mol. The van der Waals surface area contributed by atoms with Gasteiger partial charge in [0.05, 0.1) is 24.9 Å². The summed E-state index contributed by atoms with van der Waals surface area (Å²) < 4.78 is 32.6. The van der Waals surface area contributed by atoms with E-state index in [9.17, 15) is 18.4 Å². The van der Waals surface area contributed by atoms with Crippen molar-refractivity contribution in [2.75, 3.05) is 13.1 Å². The minimum atomic E-state index is -0.871. The van der Waals surface area contributed by atoms with Gasteiger partial charge >= 0.3 is 0 Å². The fourth-order valence-corrected chi connectivity index (χ4v) is 4.89. The van der Waals surface area contributed by atoms with Gasteiger partial charge in [0.15, 0.2) is 0 Å². The van der Waals surface area contributed by atoms with E-state index in [4.69, 9.17) is 4.42 Å². The van der Waals surface area contributed by atoms with Crippen molar-refractivity contribution in [1.29, 1.82) is 0 Å². The summed E-state index contributed by atoms with van der Waals surface area (Å²) in [5, 5.41) is 0. The van der Waals surface area contributed by atoms with Crippen LogP contribution in [-0.4, -0.2) is 34.7 Å². The standard InChI is InChI=1S/C24H24F2N2O3S/c1-16-4-6-20(32-16)15-28(14-19-3-2-12-31-19)23(29)17-8-10-27(11-9-17)24(30)21-7-5-18(25)13-22(21)26/h2-7,12-13,17H,8-11,14-15H2,1H3. The lowest BCUT2D eigenvalue weighted by Gasteiger charge is -2.34. The summed E-state index contributed by atoms with van der Waals surface area (Å²) in [6, 6.07) is 10.7. The number of thiophene rings is 1. The fraction of sp³-hybridized carbons (Fsp3) is 0.333. The molecule has 0 unspecified atom stereocenters. The molecule has 0 spiro atoms. The van der Waals surface area contributed by atoms with E-state index < -0.39 is 17.5 Å². The number of hydrogen-bond acceptors (Lipinski definition) is 4. The highest BCUT2D eigenvalue weighted by molar-refractivity contribution is 7.11. The Morgan fingerprint density at radius 1 is 1.12 bits per heavy atom. The number of likely N-dealkylation sites (tertiary alicyclic amines) is 1. The third-order valence-electron chi connectivity index (χ3n) is 5.67. The number of hydrogen-bond donors (Lipinski definition) is 0. The third-order valence-corrected chi connectivity index (χ3v) is 6.66. The Morgan fingerprint density at radius 2 is 1.91 bits per heavy atom. The number of halogens is 2. The highest BCUT2D eigenvalue weighted by Gasteiger charge is 2.32. The van der Waals surface area contributed by atoms with Gasteiger partial charge in [0, 0.05) is 34.8 Å². The molecule has 0 N–H and O–H groups in total. The van der Waals surface area contributed by atoms with Crippen molar-refractivity contribution in [2.45, 2.75) is 32.9 Å². The van der Waals surface area contributed by atoms with Gasteiger partial charge in [-0.3, -0.25) is 9.59 Å². The Bertz CT molecular complexity index is 1090. The Morgan fingerprint density at radius 3 is 2.53 bits per heavy atom. The lowest BCUT2D eigenvalue weighted by molar-refractivity contribution is -0.138. The predicted octanol–water partition coefficient (Wildman–Crippen LogP) is 5.01. The molecule has 1 aliphatic heterocycles. The second-order valence-corrected chi connectivity index (χ2v) is 9.35. The van der Waals surface area contributed by atoms with Gasteiger partial charge in [-0.2, -0.15) is 0 Å². The number of rotatable bonds is 6. The summed E-state index contributed by atoms with van der Waals surface area (Å²) in [6.07, 6.45) is 2.57. The van der Waals surface area contributed by atoms with Gasteiger partial charge in [-0.15, -0.1) is 11.3 Å². The minimum Gasteiger partial charge on any atom is -0.467 e. The molecular weight excluding hydrogens is 434 g/mol. The summed E-state index contributed by atoms with van der Waals surface area (Å²) in [5.74, 6) is -1.56. The van der Waals surface area contributed by atoms with Gasteiger partial charge in [-0.25, -0.2) is 8.78 Å². The van der Waals surface area contributed by atoms with Crippen LogP contribution in [0, 0.1) is 24.5 Å². The molecule has 5 nitrogen and oxygen atoms in total. The molecule has 3 aromatic rings. The Kier molecular flexibility index (Phi) is 6.69. The van der Waals surface area contributed by atoms with Gasteiger partial charge in [-0.05, 0) is 56.2 Å². The number of aryl methyl sites for hydroxylation is 1. The average Bonchev–Trinajstić information content (AvgIpc) is 3.44. The van der Waals surface area contributed by atoms with E-state index in [-0.39, 0.29) is 17.4 Å². The highest BCUT2D eigenvalue weighted by Crippen LogP contribution is 2.25. The SMILES string of the molecule is Cc1ccc(CN(Cc2ccco2)C(=O)C2CCN(C(=O)c3ccc(F)cc3F)CC2)s1. The lowest BCUT2D eigenvalue weighted by Crippen LogP contribution is -2.44. The molecule has 1 fully saturated rings. The smallest absolute Gasteiger partial charge is 0.256 e. The second-order valence-electron chi connectivity index (χ2n) is 7.98. The molecule has 1 aromatic carbocycles. The van der Waals surface area contributed by atoms with Crippen LogP contribution in [0.4, 0.5) is 8.78 Å². The third kappa shape index (κ3) is 5.07. The Labute approximate surface area is 189 Å². The van der Waals surface area contributed by atoms with E-state index in [1.165, 1.54) is 15.8 Å². The largest absolute Gasteiger partial charge is 0.467 e. The first-order valence-corrected chi connectivity index (χ1v) is 11.3. The molecule has 32 heavy (non-hydrogen) atoms. The van der Waals surface area contributed by atoms with Crippen molar-refractivity contribution < 1.29 is 22.8 Å². The van der Waals surface area contributed by atoms with E-state index in [2.05, 4.69) is 0 Å². The molecule has 2 aromatic heterocycles. The zero-order valence-electron chi connectivity index (χ0n) is 17.7. The van der Waals surface area contributed by atoms with Gasteiger partial charge in [0.25, 0.3) is 5.91 Å². The maximum absolute atomic E-state index is 14.0. The summed E-state index contributed by atoms with van der Waals surface area (Å²) in [5.41, 5.74) is -0.149. The second kappa shape index (κ2) is 9.65. The molecule has 1 aliphatic rings. The van der Waals surface area contributed by atoms with Crippen LogP contribution in [0.1, 0.15) is 38.7 Å². The average molecular weight is 459 g/mol. The van der Waals surface area contributed by atoms with Crippen LogP contribution in [0.5, 0.6) is 0 Å². The number of benzene rings is 1. The molecule has 0 aliphatic carbocycles. The summed E-state index contributed by atoms with van der Waals surface area (Å²) in [4.78, 5) is 31.6. The molecule has 0 saturated carbocycles. The van der Waals surface area contributed by atoms with E-state index in [1.807, 2.05) is 25.1 Å². The van der Waals surface area contributed by atoms with Gasteiger partial charge in [-0.1, -0.05) is 0 Å². The number of piperidine rings is 1. The number of nitrogens with zero attached hydrogens (tertiary/aromatic N) is 2. The number of furan rings is 1. The molecule has 0 atom stereocenters. The van der Waals surface area contributed by atoms with E-state index in [1.54, 1.807) is 28.6 Å². The van der Waals surface area contributed by atoms with Crippen molar-refractivity contribution in [3.63, 3.8) is 0 Å². The zero-order valence-corrected chi connectivity index (χ0v) is 18.5. The first kappa shape index (κ1) is 22.2. The summed E-state index contributed by atoms with van der Waals surface area (Å²) >= 11 is 1.66. The number of amides is 2. The zero-order chi connectivity index (χ0) is 22.7. The van der Waals surface area contributed by atoms with Crippen molar-refractivity contribution in [3.05, 3.63) is 81.4 Å². The van der Waals surface area contributed by atoms with E-state index in [0.717, 1.165) is 10.9 Å². The van der Waals surface area contributed by atoms with Gasteiger partial charge in [0.1, 0.15) is 17.4 Å². The van der Waals surface area contributed by atoms with Crippen LogP contribution in [0.15, 0.2) is 53.1 Å². The molecule has 3 heterocycles. The van der Waals surface area contributed by atoms with Crippen LogP contribution in [-0.2, 0) is 17.9 Å². The van der Waals surface area contributed by atoms with Crippen molar-refractivity contribution in [3.8, 4) is 0 Å². The van der Waals surface area contributed by atoms with Crippen LogP contribution < -0.4 is 0 Å². The van der Waals surface area contributed by atoms with Crippen molar-refractivity contribution in [2.24, 2.45) is 5.92 Å². The maximum Gasteiger partial charge on any atom is 0.256 e.